The molecule has 0 spiro atoms. The summed E-state index contributed by atoms with van der Waals surface area (Å²) in [6.07, 6.45) is 4.07. The van der Waals surface area contributed by atoms with Gasteiger partial charge in [-0.1, -0.05) is 0 Å². The van der Waals surface area contributed by atoms with Crippen molar-refractivity contribution in [1.82, 2.24) is 15.2 Å². The number of likely N-dealkylation sites (tertiary alicyclic amines) is 1. The predicted molar refractivity (Wildman–Crippen MR) is 64.6 cm³/mol. The van der Waals surface area contributed by atoms with Gasteiger partial charge in [0.25, 0.3) is 0 Å². The van der Waals surface area contributed by atoms with Gasteiger partial charge in [0.15, 0.2) is 0 Å². The second-order valence-corrected chi connectivity index (χ2v) is 5.01. The number of nitrogens with zero attached hydrogens (tertiary/aromatic N) is 2. The van der Waals surface area contributed by atoms with E-state index in [2.05, 4.69) is 10.3 Å². The molecule has 1 aromatic rings. The Morgan fingerprint density at radius 3 is 3.31 bits per heavy atom. The number of hydrogen-bond donors (Lipinski definition) is 1. The first-order valence-corrected chi connectivity index (χ1v) is 6.51. The van der Waals surface area contributed by atoms with Crippen molar-refractivity contribution >= 4 is 17.2 Å². The van der Waals surface area contributed by atoms with E-state index in [0.717, 1.165) is 25.9 Å². The summed E-state index contributed by atoms with van der Waals surface area (Å²) in [5, 5.41) is 6.08. The van der Waals surface area contributed by atoms with E-state index in [4.69, 9.17) is 0 Å². The Kier molecular flexibility index (Phi) is 3.90. The molecule has 0 aliphatic carbocycles. The van der Waals surface area contributed by atoms with Crippen LogP contribution in [0.15, 0.2) is 11.6 Å². The maximum absolute atomic E-state index is 11.8. The zero-order valence-electron chi connectivity index (χ0n) is 9.48. The Hall–Kier alpha value is -0.940. The Morgan fingerprint density at radius 1 is 1.75 bits per heavy atom. The minimum Gasteiger partial charge on any atom is -0.341 e. The highest BCUT2D eigenvalue weighted by Crippen LogP contribution is 2.27. The second-order valence-electron chi connectivity index (χ2n) is 4.08. The molecule has 1 aliphatic rings. The van der Waals surface area contributed by atoms with E-state index in [-0.39, 0.29) is 5.91 Å². The highest BCUT2D eigenvalue weighted by atomic mass is 32.1. The molecule has 1 aromatic heterocycles. The maximum atomic E-state index is 11.8. The zero-order valence-corrected chi connectivity index (χ0v) is 10.3. The van der Waals surface area contributed by atoms with Gasteiger partial charge in [0.2, 0.25) is 5.91 Å². The van der Waals surface area contributed by atoms with Gasteiger partial charge in [0.1, 0.15) is 0 Å². The van der Waals surface area contributed by atoms with E-state index in [9.17, 15) is 4.79 Å². The van der Waals surface area contributed by atoms with Crippen LogP contribution in [0.1, 0.15) is 23.8 Å². The first kappa shape index (κ1) is 11.5. The number of rotatable bonds is 3. The van der Waals surface area contributed by atoms with E-state index in [1.807, 2.05) is 16.5 Å². The van der Waals surface area contributed by atoms with E-state index in [1.54, 1.807) is 18.4 Å². The lowest BCUT2D eigenvalue weighted by atomic mass is 9.99. The fourth-order valence-electron chi connectivity index (χ4n) is 2.10. The van der Waals surface area contributed by atoms with E-state index in [0.29, 0.717) is 12.5 Å². The SMILES string of the molecule is CNCC(=O)N1CCCC(c2nccs2)C1. The lowest BCUT2D eigenvalue weighted by molar-refractivity contribution is -0.131. The van der Waals surface area contributed by atoms with Crippen LogP contribution in [0.3, 0.4) is 0 Å². The van der Waals surface area contributed by atoms with Gasteiger partial charge in [-0.2, -0.15) is 0 Å². The summed E-state index contributed by atoms with van der Waals surface area (Å²) in [5.74, 6) is 0.637. The van der Waals surface area contributed by atoms with Gasteiger partial charge in [-0.3, -0.25) is 4.79 Å². The minimum absolute atomic E-state index is 0.198. The molecule has 1 N–H and O–H groups in total. The molecule has 2 rings (SSSR count). The third-order valence-electron chi connectivity index (χ3n) is 2.90. The lowest BCUT2D eigenvalue weighted by Crippen LogP contribution is -2.42. The molecule has 1 aliphatic heterocycles. The van der Waals surface area contributed by atoms with Gasteiger partial charge in [-0.05, 0) is 19.9 Å². The molecule has 1 atom stereocenters. The summed E-state index contributed by atoms with van der Waals surface area (Å²) < 4.78 is 0. The van der Waals surface area contributed by atoms with Crippen LogP contribution >= 0.6 is 11.3 Å². The fourth-order valence-corrected chi connectivity index (χ4v) is 2.87. The Bertz CT molecular complexity index is 339. The number of carbonyl (C=O) groups excluding carboxylic acids is 1. The molecule has 0 radical (unpaired) electrons. The largest absolute Gasteiger partial charge is 0.341 e. The zero-order chi connectivity index (χ0) is 11.4. The number of aromatic nitrogens is 1. The van der Waals surface area contributed by atoms with E-state index >= 15 is 0 Å². The minimum atomic E-state index is 0.198. The first-order chi connectivity index (χ1) is 7.81. The molecule has 0 bridgehead atoms. The first-order valence-electron chi connectivity index (χ1n) is 5.63. The Balaban J connectivity index is 1.96. The van der Waals surface area contributed by atoms with Crippen molar-refractivity contribution in [1.29, 1.82) is 0 Å². The van der Waals surface area contributed by atoms with Crippen LogP contribution in [0.4, 0.5) is 0 Å². The van der Waals surface area contributed by atoms with Crippen LogP contribution in [-0.2, 0) is 4.79 Å². The molecule has 4 nitrogen and oxygen atoms in total. The van der Waals surface area contributed by atoms with Crippen molar-refractivity contribution < 1.29 is 4.79 Å². The standard InChI is InChI=1S/C11H17N3OS/c1-12-7-10(15)14-5-2-3-9(8-14)11-13-4-6-16-11/h4,6,9,12H,2-3,5,7-8H2,1H3. The second kappa shape index (κ2) is 5.41. The molecule has 5 heteroatoms. The van der Waals surface area contributed by atoms with Gasteiger partial charge >= 0.3 is 0 Å². The van der Waals surface area contributed by atoms with Crippen molar-refractivity contribution in [3.05, 3.63) is 16.6 Å². The van der Waals surface area contributed by atoms with Gasteiger partial charge in [0.05, 0.1) is 11.6 Å². The Morgan fingerprint density at radius 2 is 2.62 bits per heavy atom. The molecular formula is C11H17N3OS. The average molecular weight is 239 g/mol. The van der Waals surface area contributed by atoms with E-state index in [1.165, 1.54) is 5.01 Å². The molecule has 0 aromatic carbocycles. The predicted octanol–water partition coefficient (Wildman–Crippen LogP) is 1.07. The molecule has 88 valence electrons. The summed E-state index contributed by atoms with van der Waals surface area (Å²) in [7, 11) is 1.81. The number of carbonyl (C=O) groups is 1. The number of likely N-dealkylation sites (N-methyl/N-ethyl adjacent to an activating group) is 1. The molecule has 0 saturated carbocycles. The molecule has 1 fully saturated rings. The normalized spacial score (nSPS) is 21.1. The molecule has 1 unspecified atom stereocenters. The number of piperidine rings is 1. The highest BCUT2D eigenvalue weighted by molar-refractivity contribution is 7.09. The third kappa shape index (κ3) is 2.59. The number of nitrogens with one attached hydrogen (secondary N) is 1. The van der Waals surface area contributed by atoms with E-state index < -0.39 is 0 Å². The molecule has 16 heavy (non-hydrogen) atoms. The summed E-state index contributed by atoms with van der Waals surface area (Å²) in [5.41, 5.74) is 0. The van der Waals surface area contributed by atoms with Crippen LogP contribution in [0.2, 0.25) is 0 Å². The monoisotopic (exact) mass is 239 g/mol. The van der Waals surface area contributed by atoms with Crippen LogP contribution < -0.4 is 5.32 Å². The lowest BCUT2D eigenvalue weighted by Gasteiger charge is -2.31. The summed E-state index contributed by atoms with van der Waals surface area (Å²) in [4.78, 5) is 18.1. The van der Waals surface area contributed by atoms with Crippen LogP contribution in [0, 0.1) is 0 Å². The van der Waals surface area contributed by atoms with Crippen LogP contribution in [-0.4, -0.2) is 42.5 Å². The molecule has 2 heterocycles. The maximum Gasteiger partial charge on any atom is 0.236 e. The quantitative estimate of drug-likeness (QED) is 0.858. The fraction of sp³-hybridized carbons (Fsp3) is 0.636. The van der Waals surface area contributed by atoms with Crippen LogP contribution in [0.5, 0.6) is 0 Å². The molecular weight excluding hydrogens is 222 g/mol. The van der Waals surface area contributed by atoms with Crippen molar-refractivity contribution in [3.63, 3.8) is 0 Å². The van der Waals surface area contributed by atoms with Crippen LogP contribution in [0.25, 0.3) is 0 Å². The van der Waals surface area contributed by atoms with Crippen molar-refractivity contribution in [2.75, 3.05) is 26.7 Å². The van der Waals surface area contributed by atoms with Gasteiger partial charge in [0, 0.05) is 30.6 Å². The smallest absolute Gasteiger partial charge is 0.236 e. The summed E-state index contributed by atoms with van der Waals surface area (Å²) in [6, 6.07) is 0. The number of thiazole rings is 1. The van der Waals surface area contributed by atoms with Crippen molar-refractivity contribution in [2.24, 2.45) is 0 Å². The van der Waals surface area contributed by atoms with Gasteiger partial charge < -0.3 is 10.2 Å². The summed E-state index contributed by atoms with van der Waals surface area (Å²) in [6.45, 7) is 2.15. The Labute approximate surface area is 99.7 Å². The van der Waals surface area contributed by atoms with Crippen molar-refractivity contribution in [2.45, 2.75) is 18.8 Å². The molecule has 1 saturated heterocycles. The number of amides is 1. The van der Waals surface area contributed by atoms with Crippen molar-refractivity contribution in [3.8, 4) is 0 Å². The molecule has 1 amide bonds. The van der Waals surface area contributed by atoms with Gasteiger partial charge in [-0.15, -0.1) is 11.3 Å². The average Bonchev–Trinajstić information content (AvgIpc) is 2.83. The summed E-state index contributed by atoms with van der Waals surface area (Å²) >= 11 is 1.69. The van der Waals surface area contributed by atoms with Gasteiger partial charge in [-0.25, -0.2) is 4.98 Å². The number of hydrogen-bond acceptors (Lipinski definition) is 4. The topological polar surface area (TPSA) is 45.2 Å². The third-order valence-corrected chi connectivity index (χ3v) is 3.84. The highest BCUT2D eigenvalue weighted by Gasteiger charge is 2.25.